The van der Waals surface area contributed by atoms with Gasteiger partial charge in [0.1, 0.15) is 5.65 Å². The standard InChI is InChI=1S/C23H23N5O2S/c29-31(30,19-7-2-1-3-8-19)27-21-9-10-25-23-22(21)20(16-26-23)17-5-4-6-18(15-17)28-13-11-24-12-14-28/h1-10,15-16,24H,11-14H2,(H2,25,26,27). The first-order valence-corrected chi connectivity index (χ1v) is 11.7. The number of aromatic amines is 1. The van der Waals surface area contributed by atoms with Gasteiger partial charge in [-0.25, -0.2) is 13.4 Å². The van der Waals surface area contributed by atoms with Gasteiger partial charge in [0.2, 0.25) is 0 Å². The second kappa shape index (κ2) is 8.05. The second-order valence-electron chi connectivity index (χ2n) is 7.49. The van der Waals surface area contributed by atoms with Crippen LogP contribution in [0.5, 0.6) is 0 Å². The quantitative estimate of drug-likeness (QED) is 0.449. The maximum absolute atomic E-state index is 12.9. The molecule has 0 atom stereocenters. The van der Waals surface area contributed by atoms with Gasteiger partial charge < -0.3 is 15.2 Å². The van der Waals surface area contributed by atoms with Crippen LogP contribution in [0.25, 0.3) is 22.2 Å². The average Bonchev–Trinajstić information content (AvgIpc) is 3.26. The van der Waals surface area contributed by atoms with Gasteiger partial charge >= 0.3 is 0 Å². The summed E-state index contributed by atoms with van der Waals surface area (Å²) in [6, 6.07) is 18.4. The Bertz CT molecular complexity index is 1310. The molecule has 0 aliphatic carbocycles. The number of aromatic nitrogens is 2. The highest BCUT2D eigenvalue weighted by Gasteiger charge is 2.19. The molecule has 0 radical (unpaired) electrons. The summed E-state index contributed by atoms with van der Waals surface area (Å²) >= 11 is 0. The normalized spacial score (nSPS) is 14.6. The van der Waals surface area contributed by atoms with Crippen LogP contribution in [0.4, 0.5) is 11.4 Å². The van der Waals surface area contributed by atoms with Crippen molar-refractivity contribution in [3.63, 3.8) is 0 Å². The fourth-order valence-corrected chi connectivity index (χ4v) is 5.06. The van der Waals surface area contributed by atoms with Crippen molar-refractivity contribution in [3.05, 3.63) is 73.1 Å². The molecule has 0 bridgehead atoms. The van der Waals surface area contributed by atoms with E-state index in [4.69, 9.17) is 0 Å². The lowest BCUT2D eigenvalue weighted by atomic mass is 10.0. The van der Waals surface area contributed by atoms with Crippen LogP contribution in [0.1, 0.15) is 0 Å². The highest BCUT2D eigenvalue weighted by molar-refractivity contribution is 7.92. The van der Waals surface area contributed by atoms with Crippen LogP contribution in [0, 0.1) is 0 Å². The van der Waals surface area contributed by atoms with E-state index in [1.165, 1.54) is 0 Å². The lowest BCUT2D eigenvalue weighted by Gasteiger charge is -2.29. The molecule has 1 aliphatic heterocycles. The molecule has 0 saturated carbocycles. The highest BCUT2D eigenvalue weighted by Crippen LogP contribution is 2.35. The molecule has 2 aromatic heterocycles. The Morgan fingerprint density at radius 2 is 1.77 bits per heavy atom. The molecule has 158 valence electrons. The molecule has 5 rings (SSSR count). The lowest BCUT2D eigenvalue weighted by Crippen LogP contribution is -2.43. The Balaban J connectivity index is 1.56. The van der Waals surface area contributed by atoms with Crippen molar-refractivity contribution < 1.29 is 8.42 Å². The van der Waals surface area contributed by atoms with E-state index in [0.29, 0.717) is 11.3 Å². The Morgan fingerprint density at radius 1 is 0.968 bits per heavy atom. The molecular weight excluding hydrogens is 410 g/mol. The minimum Gasteiger partial charge on any atom is -0.369 e. The largest absolute Gasteiger partial charge is 0.369 e. The molecule has 0 amide bonds. The molecule has 7 nitrogen and oxygen atoms in total. The van der Waals surface area contributed by atoms with Gasteiger partial charge in [-0.3, -0.25) is 4.72 Å². The monoisotopic (exact) mass is 433 g/mol. The van der Waals surface area contributed by atoms with Crippen LogP contribution < -0.4 is 14.9 Å². The minimum absolute atomic E-state index is 0.220. The molecule has 1 fully saturated rings. The number of rotatable bonds is 5. The molecule has 0 spiro atoms. The number of hydrogen-bond acceptors (Lipinski definition) is 5. The summed E-state index contributed by atoms with van der Waals surface area (Å²) < 4.78 is 28.6. The van der Waals surface area contributed by atoms with Crippen molar-refractivity contribution in [3.8, 4) is 11.1 Å². The summed E-state index contributed by atoms with van der Waals surface area (Å²) in [7, 11) is -3.71. The molecule has 3 heterocycles. The summed E-state index contributed by atoms with van der Waals surface area (Å²) in [5.41, 5.74) is 4.21. The number of H-pyrrole nitrogens is 1. The zero-order valence-electron chi connectivity index (χ0n) is 16.9. The Kier molecular flexibility index (Phi) is 5.09. The fourth-order valence-electron chi connectivity index (χ4n) is 3.97. The van der Waals surface area contributed by atoms with E-state index in [1.54, 1.807) is 42.6 Å². The zero-order chi connectivity index (χ0) is 21.3. The van der Waals surface area contributed by atoms with Gasteiger partial charge in [0.25, 0.3) is 10.0 Å². The summed E-state index contributed by atoms with van der Waals surface area (Å²) in [6.45, 7) is 3.85. The van der Waals surface area contributed by atoms with E-state index in [9.17, 15) is 8.42 Å². The SMILES string of the molecule is O=S(=O)(Nc1ccnc2[nH]cc(-c3cccc(N4CCNCC4)c3)c12)c1ccccc1. The molecule has 8 heteroatoms. The van der Waals surface area contributed by atoms with Gasteiger partial charge in [0.15, 0.2) is 0 Å². The van der Waals surface area contributed by atoms with Gasteiger partial charge in [-0.05, 0) is 35.9 Å². The van der Waals surface area contributed by atoms with Gasteiger partial charge in [-0.1, -0.05) is 30.3 Å². The molecule has 1 aliphatic rings. The van der Waals surface area contributed by atoms with Crippen LogP contribution in [-0.2, 0) is 10.0 Å². The number of fused-ring (bicyclic) bond motifs is 1. The maximum atomic E-state index is 12.9. The predicted octanol–water partition coefficient (Wildman–Crippen LogP) is 3.44. The Hall–Kier alpha value is -3.36. The first-order valence-electron chi connectivity index (χ1n) is 10.2. The third-order valence-electron chi connectivity index (χ3n) is 5.51. The first kappa shape index (κ1) is 19.6. The number of piperazine rings is 1. The number of benzene rings is 2. The third-order valence-corrected chi connectivity index (χ3v) is 6.89. The van der Waals surface area contributed by atoms with Crippen LogP contribution in [0.15, 0.2) is 78.0 Å². The van der Waals surface area contributed by atoms with Crippen molar-refractivity contribution in [2.75, 3.05) is 35.8 Å². The average molecular weight is 434 g/mol. The van der Waals surface area contributed by atoms with E-state index in [0.717, 1.165) is 48.4 Å². The third kappa shape index (κ3) is 3.87. The van der Waals surface area contributed by atoms with Crippen LogP contribution in [0.3, 0.4) is 0 Å². The highest BCUT2D eigenvalue weighted by atomic mass is 32.2. The van der Waals surface area contributed by atoms with E-state index >= 15 is 0 Å². The Morgan fingerprint density at radius 3 is 2.58 bits per heavy atom. The molecule has 1 saturated heterocycles. The van der Waals surface area contributed by atoms with Crippen molar-refractivity contribution in [2.24, 2.45) is 0 Å². The maximum Gasteiger partial charge on any atom is 0.261 e. The fraction of sp³-hybridized carbons (Fsp3) is 0.174. The van der Waals surface area contributed by atoms with Crippen LogP contribution >= 0.6 is 0 Å². The van der Waals surface area contributed by atoms with Crippen LogP contribution in [-0.4, -0.2) is 44.6 Å². The smallest absolute Gasteiger partial charge is 0.261 e. The summed E-state index contributed by atoms with van der Waals surface area (Å²) in [4.78, 5) is 10.1. The Labute approximate surface area is 181 Å². The van der Waals surface area contributed by atoms with E-state index in [2.05, 4.69) is 37.0 Å². The minimum atomic E-state index is -3.71. The summed E-state index contributed by atoms with van der Waals surface area (Å²) in [6.07, 6.45) is 3.48. The van der Waals surface area contributed by atoms with Crippen molar-refractivity contribution in [1.29, 1.82) is 0 Å². The van der Waals surface area contributed by atoms with Gasteiger partial charge in [0.05, 0.1) is 16.0 Å². The van der Waals surface area contributed by atoms with Crippen molar-refractivity contribution >= 4 is 32.4 Å². The number of pyridine rings is 1. The number of sulfonamides is 1. The zero-order valence-corrected chi connectivity index (χ0v) is 17.7. The van der Waals surface area contributed by atoms with Gasteiger partial charge in [-0.15, -0.1) is 0 Å². The molecule has 31 heavy (non-hydrogen) atoms. The second-order valence-corrected chi connectivity index (χ2v) is 9.17. The van der Waals surface area contributed by atoms with E-state index in [-0.39, 0.29) is 4.90 Å². The lowest BCUT2D eigenvalue weighted by molar-refractivity contribution is 0.589. The van der Waals surface area contributed by atoms with Gasteiger partial charge in [-0.2, -0.15) is 0 Å². The topological polar surface area (TPSA) is 90.1 Å². The number of nitrogens with zero attached hydrogens (tertiary/aromatic N) is 2. The number of nitrogens with one attached hydrogen (secondary N) is 3. The number of hydrogen-bond donors (Lipinski definition) is 3. The van der Waals surface area contributed by atoms with Crippen molar-refractivity contribution in [2.45, 2.75) is 4.90 Å². The van der Waals surface area contributed by atoms with Crippen molar-refractivity contribution in [1.82, 2.24) is 15.3 Å². The predicted molar refractivity (Wildman–Crippen MR) is 124 cm³/mol. The number of anilines is 2. The molecule has 4 aromatic rings. The molecule has 0 unspecified atom stereocenters. The first-order chi connectivity index (χ1) is 15.1. The summed E-state index contributed by atoms with van der Waals surface area (Å²) in [5.74, 6) is 0. The molecular formula is C23H23N5O2S. The van der Waals surface area contributed by atoms with E-state index in [1.807, 2.05) is 18.3 Å². The van der Waals surface area contributed by atoms with E-state index < -0.39 is 10.0 Å². The molecule has 2 aromatic carbocycles. The van der Waals surface area contributed by atoms with Gasteiger partial charge in [0, 0.05) is 49.8 Å². The van der Waals surface area contributed by atoms with Crippen LogP contribution in [0.2, 0.25) is 0 Å². The summed E-state index contributed by atoms with van der Waals surface area (Å²) in [5, 5.41) is 4.12. The molecule has 3 N–H and O–H groups in total.